The van der Waals surface area contributed by atoms with Crippen molar-refractivity contribution < 1.29 is 19.4 Å². The minimum Gasteiger partial charge on any atom is -0.504 e. The molecule has 7 heteroatoms. The number of piperidine rings is 1. The average Bonchev–Trinajstić information content (AvgIpc) is 2.81. The van der Waals surface area contributed by atoms with Crippen LogP contribution in [0.4, 0.5) is 4.79 Å². The van der Waals surface area contributed by atoms with Crippen molar-refractivity contribution in [2.45, 2.75) is 44.8 Å². The summed E-state index contributed by atoms with van der Waals surface area (Å²) in [6.07, 6.45) is 1.72. The number of para-hydroxylation sites is 1. The second-order valence-electron chi connectivity index (χ2n) is 8.17. The number of carbonyl (C=O) groups excluding carboxylic acids is 1. The van der Waals surface area contributed by atoms with Gasteiger partial charge in [0.1, 0.15) is 5.66 Å². The fraction of sp³-hybridized carbons (Fsp3) is 0.440. The summed E-state index contributed by atoms with van der Waals surface area (Å²) >= 11 is 0. The number of rotatable bonds is 5. The predicted molar refractivity (Wildman–Crippen MR) is 123 cm³/mol. The van der Waals surface area contributed by atoms with E-state index in [1.807, 2.05) is 44.2 Å². The van der Waals surface area contributed by atoms with Crippen LogP contribution >= 0.6 is 0 Å². The Morgan fingerprint density at radius 3 is 2.56 bits per heavy atom. The molecule has 1 saturated heterocycles. The number of carbonyl (C=O) groups is 1. The monoisotopic (exact) mass is 437 g/mol. The molecule has 1 unspecified atom stereocenters. The Kier molecular flexibility index (Phi) is 6.65. The van der Waals surface area contributed by atoms with Crippen molar-refractivity contribution in [2.24, 2.45) is 4.99 Å². The van der Waals surface area contributed by atoms with Crippen molar-refractivity contribution >= 4 is 11.8 Å². The van der Waals surface area contributed by atoms with Crippen LogP contribution in [0, 0.1) is 0 Å². The normalized spacial score (nSPS) is 20.0. The van der Waals surface area contributed by atoms with E-state index >= 15 is 0 Å². The molecule has 0 bridgehead atoms. The number of hydrogen-bond donors (Lipinski definition) is 2. The highest BCUT2D eigenvalue weighted by molar-refractivity contribution is 6.01. The predicted octanol–water partition coefficient (Wildman–Crippen LogP) is 4.26. The number of amides is 1. The summed E-state index contributed by atoms with van der Waals surface area (Å²) in [5.74, 6) is 0.655. The Morgan fingerprint density at radius 1 is 1.12 bits per heavy atom. The van der Waals surface area contributed by atoms with Gasteiger partial charge in [0.05, 0.1) is 13.2 Å². The zero-order valence-corrected chi connectivity index (χ0v) is 18.7. The molecule has 0 aliphatic carbocycles. The van der Waals surface area contributed by atoms with Gasteiger partial charge in [-0.05, 0) is 25.5 Å². The lowest BCUT2D eigenvalue weighted by Crippen LogP contribution is -2.56. The zero-order valence-electron chi connectivity index (χ0n) is 18.7. The summed E-state index contributed by atoms with van der Waals surface area (Å²) in [6, 6.07) is 15.7. The lowest BCUT2D eigenvalue weighted by molar-refractivity contribution is 0.0778. The number of benzene rings is 2. The van der Waals surface area contributed by atoms with Crippen LogP contribution in [0.15, 0.2) is 53.5 Å². The molecule has 170 valence electrons. The van der Waals surface area contributed by atoms with Gasteiger partial charge >= 0.3 is 6.09 Å². The molecule has 2 aromatic rings. The van der Waals surface area contributed by atoms with Crippen LogP contribution in [0.5, 0.6) is 11.5 Å². The highest BCUT2D eigenvalue weighted by atomic mass is 16.6. The van der Waals surface area contributed by atoms with Crippen LogP contribution in [0.3, 0.4) is 0 Å². The Bertz CT molecular complexity index is 968. The molecule has 2 N–H and O–H groups in total. The quantitative estimate of drug-likeness (QED) is 0.730. The van der Waals surface area contributed by atoms with Crippen LogP contribution in [-0.4, -0.2) is 53.8 Å². The van der Waals surface area contributed by atoms with Gasteiger partial charge in [-0.25, -0.2) is 4.79 Å². The number of phenols is 1. The minimum absolute atomic E-state index is 0.128. The smallest absolute Gasteiger partial charge is 0.409 e. The van der Waals surface area contributed by atoms with Crippen LogP contribution in [0.2, 0.25) is 0 Å². The molecule has 2 heterocycles. The van der Waals surface area contributed by atoms with Gasteiger partial charge < -0.3 is 19.5 Å². The first-order valence-corrected chi connectivity index (χ1v) is 11.3. The second-order valence-corrected chi connectivity index (χ2v) is 8.17. The molecule has 0 radical (unpaired) electrons. The molecule has 0 saturated carbocycles. The highest BCUT2D eigenvalue weighted by Gasteiger charge is 2.41. The fourth-order valence-electron chi connectivity index (χ4n) is 4.53. The van der Waals surface area contributed by atoms with Crippen molar-refractivity contribution in [2.75, 3.05) is 26.3 Å². The molecule has 0 aromatic heterocycles. The summed E-state index contributed by atoms with van der Waals surface area (Å²) in [4.78, 5) is 19.1. The molecule has 2 aromatic carbocycles. The van der Waals surface area contributed by atoms with Gasteiger partial charge in [-0.2, -0.15) is 0 Å². The lowest BCUT2D eigenvalue weighted by atomic mass is 9.87. The van der Waals surface area contributed by atoms with E-state index in [0.717, 1.165) is 16.8 Å². The Labute approximate surface area is 189 Å². The van der Waals surface area contributed by atoms with Crippen molar-refractivity contribution in [3.63, 3.8) is 0 Å². The zero-order chi connectivity index (χ0) is 22.6. The molecule has 4 rings (SSSR count). The van der Waals surface area contributed by atoms with Crippen LogP contribution in [-0.2, 0) is 4.74 Å². The fourth-order valence-corrected chi connectivity index (χ4v) is 4.53. The molecular formula is C25H31N3O4. The Morgan fingerprint density at radius 2 is 1.88 bits per heavy atom. The number of phenolic OH excluding ortho intramolecular Hbond substituents is 1. The third kappa shape index (κ3) is 4.58. The van der Waals surface area contributed by atoms with Crippen molar-refractivity contribution in [3.05, 3.63) is 59.7 Å². The minimum atomic E-state index is -0.509. The lowest BCUT2D eigenvalue weighted by Gasteiger charge is -2.45. The number of ether oxygens (including phenoxy) is 2. The SMILES string of the molecule is CCOC(=O)N1CCC2(CC1)N=C(c1ccccc1)CC(c1cccc(OCC)c1O)N2. The molecule has 1 atom stereocenters. The Balaban J connectivity index is 1.65. The van der Waals surface area contributed by atoms with E-state index in [2.05, 4.69) is 17.4 Å². The molecular weight excluding hydrogens is 406 g/mol. The van der Waals surface area contributed by atoms with E-state index in [4.69, 9.17) is 14.5 Å². The summed E-state index contributed by atoms with van der Waals surface area (Å²) < 4.78 is 10.8. The van der Waals surface area contributed by atoms with E-state index in [1.165, 1.54) is 0 Å². The topological polar surface area (TPSA) is 83.4 Å². The number of aromatic hydroxyl groups is 1. The van der Waals surface area contributed by atoms with Crippen LogP contribution in [0.1, 0.15) is 50.3 Å². The first kappa shape index (κ1) is 22.1. The number of nitrogens with zero attached hydrogens (tertiary/aromatic N) is 2. The van der Waals surface area contributed by atoms with Crippen molar-refractivity contribution in [3.8, 4) is 11.5 Å². The largest absolute Gasteiger partial charge is 0.504 e. The number of nitrogens with one attached hydrogen (secondary N) is 1. The molecule has 1 fully saturated rings. The van der Waals surface area contributed by atoms with Gasteiger partial charge in [0.15, 0.2) is 11.5 Å². The summed E-state index contributed by atoms with van der Waals surface area (Å²) in [5, 5.41) is 14.6. The van der Waals surface area contributed by atoms with E-state index < -0.39 is 5.66 Å². The van der Waals surface area contributed by atoms with E-state index in [9.17, 15) is 9.90 Å². The number of hydrogen-bond acceptors (Lipinski definition) is 6. The van der Waals surface area contributed by atoms with E-state index in [-0.39, 0.29) is 17.9 Å². The summed E-state index contributed by atoms with van der Waals surface area (Å²) in [6.45, 7) is 5.70. The number of aliphatic imine (C=N–C) groups is 1. The van der Waals surface area contributed by atoms with Crippen molar-refractivity contribution in [1.82, 2.24) is 10.2 Å². The molecule has 1 amide bonds. The standard InChI is InChI=1S/C25H31N3O4/c1-3-31-22-12-8-11-19(23(22)29)21-17-20(18-9-6-5-7-10-18)26-25(27-21)13-15-28(16-14-25)24(30)32-4-2/h5-12,21,27,29H,3-4,13-17H2,1-2H3. The summed E-state index contributed by atoms with van der Waals surface area (Å²) in [7, 11) is 0. The maximum Gasteiger partial charge on any atom is 0.409 e. The maximum atomic E-state index is 12.2. The third-order valence-electron chi connectivity index (χ3n) is 6.12. The first-order valence-electron chi connectivity index (χ1n) is 11.3. The van der Waals surface area contributed by atoms with E-state index in [1.54, 1.807) is 11.0 Å². The molecule has 32 heavy (non-hydrogen) atoms. The van der Waals surface area contributed by atoms with Gasteiger partial charge in [-0.3, -0.25) is 10.3 Å². The highest BCUT2D eigenvalue weighted by Crippen LogP contribution is 2.40. The third-order valence-corrected chi connectivity index (χ3v) is 6.12. The maximum absolute atomic E-state index is 12.2. The van der Waals surface area contributed by atoms with Gasteiger partial charge in [-0.15, -0.1) is 0 Å². The molecule has 1 spiro atoms. The van der Waals surface area contributed by atoms with Crippen molar-refractivity contribution in [1.29, 1.82) is 0 Å². The van der Waals surface area contributed by atoms with Crippen LogP contribution < -0.4 is 10.1 Å². The molecule has 2 aliphatic rings. The van der Waals surface area contributed by atoms with E-state index in [0.29, 0.717) is 51.3 Å². The Hall–Kier alpha value is -3.06. The van der Waals surface area contributed by atoms with Gasteiger partial charge in [0, 0.05) is 49.7 Å². The molecule has 2 aliphatic heterocycles. The second kappa shape index (κ2) is 9.61. The first-order chi connectivity index (χ1) is 15.5. The van der Waals surface area contributed by atoms with Crippen LogP contribution in [0.25, 0.3) is 0 Å². The van der Waals surface area contributed by atoms with Gasteiger partial charge in [0.25, 0.3) is 0 Å². The van der Waals surface area contributed by atoms with Gasteiger partial charge in [0.2, 0.25) is 0 Å². The summed E-state index contributed by atoms with van der Waals surface area (Å²) in [5.41, 5.74) is 2.36. The van der Waals surface area contributed by atoms with Gasteiger partial charge in [-0.1, -0.05) is 42.5 Å². The average molecular weight is 438 g/mol. The number of likely N-dealkylation sites (tertiary alicyclic amines) is 1. The molecule has 7 nitrogen and oxygen atoms in total.